The SMILES string of the molecule is Fc1cc(Br)cc(N(c2ccccc2)c2ccccc2)c1. The maximum absolute atomic E-state index is 13.8. The number of hydrogen-bond donors (Lipinski definition) is 0. The molecule has 0 atom stereocenters. The van der Waals surface area contributed by atoms with Crippen LogP contribution in [0.1, 0.15) is 0 Å². The predicted octanol–water partition coefficient (Wildman–Crippen LogP) is 6.06. The van der Waals surface area contributed by atoms with E-state index in [-0.39, 0.29) is 5.82 Å². The van der Waals surface area contributed by atoms with E-state index in [1.807, 2.05) is 71.6 Å². The van der Waals surface area contributed by atoms with Gasteiger partial charge in [-0.25, -0.2) is 4.39 Å². The molecule has 0 spiro atoms. The molecule has 0 aromatic heterocycles. The van der Waals surface area contributed by atoms with Crippen molar-refractivity contribution in [3.63, 3.8) is 0 Å². The third-order valence-electron chi connectivity index (χ3n) is 3.13. The summed E-state index contributed by atoms with van der Waals surface area (Å²) in [5, 5.41) is 0. The number of hydrogen-bond acceptors (Lipinski definition) is 1. The Kier molecular flexibility index (Phi) is 4.02. The highest BCUT2D eigenvalue weighted by Gasteiger charge is 2.13. The Morgan fingerprint density at radius 1 is 0.667 bits per heavy atom. The first kappa shape index (κ1) is 13.8. The molecule has 0 radical (unpaired) electrons. The molecule has 0 fully saturated rings. The molecule has 0 aliphatic rings. The summed E-state index contributed by atoms with van der Waals surface area (Å²) >= 11 is 3.36. The van der Waals surface area contributed by atoms with Gasteiger partial charge in [0.15, 0.2) is 0 Å². The van der Waals surface area contributed by atoms with Crippen LogP contribution in [0.5, 0.6) is 0 Å². The summed E-state index contributed by atoms with van der Waals surface area (Å²) in [6.45, 7) is 0. The summed E-state index contributed by atoms with van der Waals surface area (Å²) in [5.74, 6) is -0.267. The zero-order valence-electron chi connectivity index (χ0n) is 11.2. The molecule has 3 heteroatoms. The highest BCUT2D eigenvalue weighted by Crippen LogP contribution is 2.35. The molecule has 0 aliphatic carbocycles. The molecular weight excluding hydrogens is 329 g/mol. The minimum absolute atomic E-state index is 0.267. The van der Waals surface area contributed by atoms with Crippen molar-refractivity contribution in [1.82, 2.24) is 0 Å². The summed E-state index contributed by atoms with van der Waals surface area (Å²) in [4.78, 5) is 2.02. The van der Waals surface area contributed by atoms with Crippen molar-refractivity contribution in [1.29, 1.82) is 0 Å². The predicted molar refractivity (Wildman–Crippen MR) is 88.8 cm³/mol. The Morgan fingerprint density at radius 2 is 1.19 bits per heavy atom. The summed E-state index contributed by atoms with van der Waals surface area (Å²) in [6.07, 6.45) is 0. The van der Waals surface area contributed by atoms with Crippen LogP contribution >= 0.6 is 15.9 Å². The quantitative estimate of drug-likeness (QED) is 0.559. The second kappa shape index (κ2) is 6.10. The molecule has 104 valence electrons. The molecule has 3 aromatic rings. The van der Waals surface area contributed by atoms with Gasteiger partial charge >= 0.3 is 0 Å². The van der Waals surface area contributed by atoms with Crippen molar-refractivity contribution in [3.05, 3.63) is 89.2 Å². The van der Waals surface area contributed by atoms with Crippen LogP contribution in [-0.2, 0) is 0 Å². The molecule has 3 aromatic carbocycles. The maximum Gasteiger partial charge on any atom is 0.126 e. The smallest absolute Gasteiger partial charge is 0.126 e. The van der Waals surface area contributed by atoms with Gasteiger partial charge in [-0.05, 0) is 42.5 Å². The Labute approximate surface area is 131 Å². The Balaban J connectivity index is 2.17. The molecule has 0 N–H and O–H groups in total. The molecule has 0 amide bonds. The minimum atomic E-state index is -0.267. The lowest BCUT2D eigenvalue weighted by atomic mass is 10.2. The number of anilines is 3. The van der Waals surface area contributed by atoms with Gasteiger partial charge in [-0.2, -0.15) is 0 Å². The Morgan fingerprint density at radius 3 is 1.67 bits per heavy atom. The van der Waals surface area contributed by atoms with Crippen LogP contribution in [0.4, 0.5) is 21.5 Å². The van der Waals surface area contributed by atoms with E-state index in [1.54, 1.807) is 0 Å². The van der Waals surface area contributed by atoms with Gasteiger partial charge in [-0.3, -0.25) is 0 Å². The third-order valence-corrected chi connectivity index (χ3v) is 3.59. The standard InChI is InChI=1S/C18H13BrFN/c19-14-11-15(20)13-18(12-14)21(16-7-3-1-4-8-16)17-9-5-2-6-10-17/h1-13H. The van der Waals surface area contributed by atoms with Gasteiger partial charge in [-0.1, -0.05) is 52.3 Å². The molecule has 3 rings (SSSR count). The van der Waals surface area contributed by atoms with Crippen molar-refractivity contribution in [2.75, 3.05) is 4.90 Å². The fourth-order valence-electron chi connectivity index (χ4n) is 2.27. The van der Waals surface area contributed by atoms with Crippen molar-refractivity contribution < 1.29 is 4.39 Å². The van der Waals surface area contributed by atoms with E-state index in [9.17, 15) is 4.39 Å². The largest absolute Gasteiger partial charge is 0.310 e. The normalized spacial score (nSPS) is 10.4. The van der Waals surface area contributed by atoms with Crippen LogP contribution in [0.2, 0.25) is 0 Å². The molecule has 0 aliphatic heterocycles. The lowest BCUT2D eigenvalue weighted by Gasteiger charge is -2.25. The topological polar surface area (TPSA) is 3.24 Å². The highest BCUT2D eigenvalue weighted by molar-refractivity contribution is 9.10. The third kappa shape index (κ3) is 3.14. The van der Waals surface area contributed by atoms with Gasteiger partial charge in [0.25, 0.3) is 0 Å². The highest BCUT2D eigenvalue weighted by atomic mass is 79.9. The summed E-state index contributed by atoms with van der Waals surface area (Å²) in [5.41, 5.74) is 2.75. The second-order valence-corrected chi connectivity index (χ2v) is 5.55. The second-order valence-electron chi connectivity index (χ2n) is 4.63. The van der Waals surface area contributed by atoms with E-state index < -0.39 is 0 Å². The zero-order chi connectivity index (χ0) is 14.7. The van der Waals surface area contributed by atoms with Crippen molar-refractivity contribution in [2.45, 2.75) is 0 Å². The van der Waals surface area contributed by atoms with Gasteiger partial charge in [0.2, 0.25) is 0 Å². The Hall–Kier alpha value is -2.13. The first-order valence-corrected chi connectivity index (χ1v) is 7.40. The Bertz CT molecular complexity index is 669. The van der Waals surface area contributed by atoms with Crippen LogP contribution in [-0.4, -0.2) is 0 Å². The fraction of sp³-hybridized carbons (Fsp3) is 0. The number of para-hydroxylation sites is 2. The number of benzene rings is 3. The minimum Gasteiger partial charge on any atom is -0.310 e. The van der Waals surface area contributed by atoms with Gasteiger partial charge in [0, 0.05) is 15.8 Å². The van der Waals surface area contributed by atoms with Gasteiger partial charge in [0.05, 0.1) is 5.69 Å². The average Bonchev–Trinajstić information content (AvgIpc) is 2.49. The summed E-state index contributed by atoms with van der Waals surface area (Å²) < 4.78 is 14.5. The number of halogens is 2. The van der Waals surface area contributed by atoms with Crippen molar-refractivity contribution in [3.8, 4) is 0 Å². The van der Waals surface area contributed by atoms with E-state index in [2.05, 4.69) is 15.9 Å². The number of nitrogens with zero attached hydrogens (tertiary/aromatic N) is 1. The maximum atomic E-state index is 13.8. The van der Waals surface area contributed by atoms with E-state index in [1.165, 1.54) is 12.1 Å². The van der Waals surface area contributed by atoms with Gasteiger partial charge < -0.3 is 4.90 Å². The summed E-state index contributed by atoms with van der Waals surface area (Å²) in [7, 11) is 0. The molecule has 21 heavy (non-hydrogen) atoms. The van der Waals surface area contributed by atoms with E-state index >= 15 is 0 Å². The van der Waals surface area contributed by atoms with E-state index in [0.29, 0.717) is 0 Å². The first-order chi connectivity index (χ1) is 10.2. The van der Waals surface area contributed by atoms with Crippen molar-refractivity contribution in [2.24, 2.45) is 0 Å². The molecule has 0 saturated carbocycles. The van der Waals surface area contributed by atoms with Crippen LogP contribution in [0.3, 0.4) is 0 Å². The van der Waals surface area contributed by atoms with Gasteiger partial charge in [-0.15, -0.1) is 0 Å². The molecule has 0 saturated heterocycles. The number of rotatable bonds is 3. The molecule has 0 unspecified atom stereocenters. The molecule has 0 heterocycles. The van der Waals surface area contributed by atoms with Crippen LogP contribution in [0.25, 0.3) is 0 Å². The fourth-order valence-corrected chi connectivity index (χ4v) is 2.72. The zero-order valence-corrected chi connectivity index (χ0v) is 12.8. The van der Waals surface area contributed by atoms with Crippen LogP contribution in [0.15, 0.2) is 83.3 Å². The molecule has 0 bridgehead atoms. The van der Waals surface area contributed by atoms with E-state index in [0.717, 1.165) is 21.5 Å². The monoisotopic (exact) mass is 341 g/mol. The lowest BCUT2D eigenvalue weighted by molar-refractivity contribution is 0.627. The lowest BCUT2D eigenvalue weighted by Crippen LogP contribution is -2.09. The molecule has 1 nitrogen and oxygen atoms in total. The first-order valence-electron chi connectivity index (χ1n) is 6.60. The van der Waals surface area contributed by atoms with Crippen LogP contribution < -0.4 is 4.90 Å². The van der Waals surface area contributed by atoms with E-state index in [4.69, 9.17) is 0 Å². The van der Waals surface area contributed by atoms with Crippen LogP contribution in [0, 0.1) is 5.82 Å². The average molecular weight is 342 g/mol. The van der Waals surface area contributed by atoms with Crippen molar-refractivity contribution >= 4 is 33.0 Å². The van der Waals surface area contributed by atoms with Gasteiger partial charge in [0.1, 0.15) is 5.82 Å². The molecular formula is C18H13BrFN. The summed E-state index contributed by atoms with van der Waals surface area (Å²) in [6, 6.07) is 24.7.